The van der Waals surface area contributed by atoms with Gasteiger partial charge in [-0.3, -0.25) is 4.79 Å². The van der Waals surface area contributed by atoms with Crippen LogP contribution in [0.3, 0.4) is 0 Å². The summed E-state index contributed by atoms with van der Waals surface area (Å²) in [6, 6.07) is 28.6. The molecule has 1 aromatic heterocycles. The number of tetrazole rings is 1. The van der Waals surface area contributed by atoms with Crippen LogP contribution < -0.4 is 4.90 Å². The molecule has 0 spiro atoms. The van der Waals surface area contributed by atoms with E-state index in [-0.39, 0.29) is 34.2 Å². The van der Waals surface area contributed by atoms with Crippen LogP contribution in [0.1, 0.15) is 48.4 Å². The molecule has 0 aliphatic carbocycles. The standard InChI is InChI=1S/C28H28N6OS/c1-18-12-10-11-17-21(18)22(19-13-6-4-7-14-19)33(20-15-8-5-9-16-20)23-26(35)34-24(25-29-31-32-30-25)28(2,3)36-27(23)34/h4-17,22-24,27H,1-3H3,(H,29,30,31,32)/t22?,23?,24?,27-/m1/s1. The number of H-pyrrole nitrogens is 1. The zero-order chi connectivity index (χ0) is 24.9. The van der Waals surface area contributed by atoms with Crippen LogP contribution in [0.4, 0.5) is 5.69 Å². The van der Waals surface area contributed by atoms with Gasteiger partial charge in [-0.25, -0.2) is 5.10 Å². The Morgan fingerprint density at radius 2 is 1.64 bits per heavy atom. The van der Waals surface area contributed by atoms with E-state index >= 15 is 0 Å². The van der Waals surface area contributed by atoms with Gasteiger partial charge in [0.2, 0.25) is 5.91 Å². The van der Waals surface area contributed by atoms with Gasteiger partial charge in [-0.1, -0.05) is 72.8 Å². The van der Waals surface area contributed by atoms with E-state index < -0.39 is 0 Å². The number of hydrogen-bond acceptors (Lipinski definition) is 6. The highest BCUT2D eigenvalue weighted by Gasteiger charge is 2.65. The lowest BCUT2D eigenvalue weighted by Crippen LogP contribution is -2.68. The molecule has 4 atom stereocenters. The third kappa shape index (κ3) is 3.59. The third-order valence-electron chi connectivity index (χ3n) is 7.26. The monoisotopic (exact) mass is 496 g/mol. The Morgan fingerprint density at radius 1 is 0.972 bits per heavy atom. The number of benzene rings is 3. The maximum absolute atomic E-state index is 14.1. The third-order valence-corrected chi connectivity index (χ3v) is 8.82. The van der Waals surface area contributed by atoms with Crippen LogP contribution in [0.2, 0.25) is 0 Å². The Morgan fingerprint density at radius 3 is 2.31 bits per heavy atom. The number of aromatic nitrogens is 4. The van der Waals surface area contributed by atoms with Gasteiger partial charge in [-0.15, -0.1) is 16.9 Å². The molecule has 2 fully saturated rings. The van der Waals surface area contributed by atoms with Crippen molar-refractivity contribution in [3.8, 4) is 0 Å². The zero-order valence-electron chi connectivity index (χ0n) is 20.4. The Balaban J connectivity index is 1.49. The first kappa shape index (κ1) is 22.8. The van der Waals surface area contributed by atoms with Crippen molar-refractivity contribution in [3.05, 3.63) is 107 Å². The lowest BCUT2D eigenvalue weighted by Gasteiger charge is -2.52. The number of para-hydroxylation sites is 1. The second kappa shape index (κ2) is 8.78. The van der Waals surface area contributed by atoms with Gasteiger partial charge in [0.05, 0.1) is 6.04 Å². The lowest BCUT2D eigenvalue weighted by atomic mass is 9.88. The number of aromatic amines is 1. The molecule has 4 aromatic rings. The first-order chi connectivity index (χ1) is 17.5. The minimum atomic E-state index is -0.331. The molecule has 1 amide bonds. The highest BCUT2D eigenvalue weighted by atomic mass is 32.2. The van der Waals surface area contributed by atoms with Crippen molar-refractivity contribution in [1.82, 2.24) is 25.5 Å². The second-order valence-corrected chi connectivity index (χ2v) is 11.7. The number of rotatable bonds is 6. The van der Waals surface area contributed by atoms with Crippen LogP contribution in [0.15, 0.2) is 84.9 Å². The van der Waals surface area contributed by atoms with E-state index in [4.69, 9.17) is 0 Å². The van der Waals surface area contributed by atoms with Crippen LogP contribution in [-0.2, 0) is 4.79 Å². The van der Waals surface area contributed by atoms with Gasteiger partial charge in [0.25, 0.3) is 0 Å². The Hall–Kier alpha value is -3.65. The number of carbonyl (C=O) groups excluding carboxylic acids is 1. The molecule has 0 bridgehead atoms. The first-order valence-corrected chi connectivity index (χ1v) is 13.0. The molecule has 3 heterocycles. The maximum atomic E-state index is 14.1. The molecule has 2 saturated heterocycles. The molecule has 3 unspecified atom stereocenters. The number of fused-ring (bicyclic) bond motifs is 1. The van der Waals surface area contributed by atoms with Gasteiger partial charge < -0.3 is 9.80 Å². The summed E-state index contributed by atoms with van der Waals surface area (Å²) in [4.78, 5) is 18.4. The molecule has 2 aliphatic heterocycles. The van der Waals surface area contributed by atoms with E-state index in [9.17, 15) is 4.79 Å². The molecule has 6 rings (SSSR count). The van der Waals surface area contributed by atoms with E-state index in [1.54, 1.807) is 0 Å². The van der Waals surface area contributed by atoms with Gasteiger partial charge in [0.15, 0.2) is 5.82 Å². The minimum Gasteiger partial charge on any atom is -0.346 e. The van der Waals surface area contributed by atoms with Gasteiger partial charge >= 0.3 is 0 Å². The molecule has 2 aliphatic rings. The molecule has 1 N–H and O–H groups in total. The predicted molar refractivity (Wildman–Crippen MR) is 141 cm³/mol. The fraction of sp³-hybridized carbons (Fsp3) is 0.286. The van der Waals surface area contributed by atoms with Gasteiger partial charge in [0, 0.05) is 10.4 Å². The Kier molecular flexibility index (Phi) is 5.56. The van der Waals surface area contributed by atoms with Crippen molar-refractivity contribution < 1.29 is 4.79 Å². The SMILES string of the molecule is Cc1ccccc1C(c1ccccc1)N(c1ccccc1)C1C(=O)N2C(c3nnn[nH]3)C(C)(C)S[C@H]12. The maximum Gasteiger partial charge on any atom is 0.250 e. The average molecular weight is 497 g/mol. The predicted octanol–water partition coefficient (Wildman–Crippen LogP) is 4.91. The Labute approximate surface area is 214 Å². The van der Waals surface area contributed by atoms with Crippen LogP contribution in [0, 0.1) is 6.92 Å². The summed E-state index contributed by atoms with van der Waals surface area (Å²) in [5.74, 6) is 0.726. The quantitative estimate of drug-likeness (QED) is 0.382. The molecule has 8 heteroatoms. The van der Waals surface area contributed by atoms with Crippen molar-refractivity contribution in [2.45, 2.75) is 49.0 Å². The number of anilines is 1. The topological polar surface area (TPSA) is 78.0 Å². The summed E-state index contributed by atoms with van der Waals surface area (Å²) in [5.41, 5.74) is 4.56. The molecule has 182 valence electrons. The summed E-state index contributed by atoms with van der Waals surface area (Å²) < 4.78 is -0.246. The normalized spacial score (nSPS) is 23.1. The summed E-state index contributed by atoms with van der Waals surface area (Å²) in [7, 11) is 0. The fourth-order valence-corrected chi connectivity index (χ4v) is 7.36. The summed E-state index contributed by atoms with van der Waals surface area (Å²) in [6.45, 7) is 6.47. The van der Waals surface area contributed by atoms with Crippen molar-refractivity contribution >= 4 is 23.4 Å². The first-order valence-electron chi connectivity index (χ1n) is 12.1. The van der Waals surface area contributed by atoms with E-state index in [0.29, 0.717) is 5.82 Å². The number of nitrogens with zero attached hydrogens (tertiary/aromatic N) is 5. The highest BCUT2D eigenvalue weighted by molar-refractivity contribution is 8.01. The van der Waals surface area contributed by atoms with Crippen molar-refractivity contribution in [2.24, 2.45) is 0 Å². The van der Waals surface area contributed by atoms with Crippen LogP contribution in [-0.4, -0.2) is 47.6 Å². The van der Waals surface area contributed by atoms with E-state index in [1.807, 2.05) is 40.9 Å². The zero-order valence-corrected chi connectivity index (χ0v) is 21.3. The number of thioether (sulfide) groups is 1. The molecular formula is C28H28N6OS. The van der Waals surface area contributed by atoms with E-state index in [0.717, 1.165) is 11.3 Å². The molecule has 36 heavy (non-hydrogen) atoms. The number of β-lactam (4-membered cyclic amide) rings is 1. The molecule has 0 radical (unpaired) electrons. The van der Waals surface area contributed by atoms with Gasteiger partial charge in [-0.2, -0.15) is 0 Å². The van der Waals surface area contributed by atoms with Crippen molar-refractivity contribution in [2.75, 3.05) is 4.90 Å². The number of amides is 1. The summed E-state index contributed by atoms with van der Waals surface area (Å²) in [5, 5.41) is 14.6. The van der Waals surface area contributed by atoms with Crippen LogP contribution >= 0.6 is 11.8 Å². The largest absolute Gasteiger partial charge is 0.346 e. The Bertz CT molecular complexity index is 1360. The number of carbonyl (C=O) groups is 1. The minimum absolute atomic E-state index is 0.0296. The lowest BCUT2D eigenvalue weighted by molar-refractivity contribution is -0.148. The number of aryl methyl sites for hydroxylation is 1. The molecule has 7 nitrogen and oxygen atoms in total. The average Bonchev–Trinajstić information content (AvgIpc) is 3.50. The van der Waals surface area contributed by atoms with Gasteiger partial charge in [-0.05, 0) is 60.0 Å². The van der Waals surface area contributed by atoms with Crippen LogP contribution in [0.25, 0.3) is 0 Å². The fourth-order valence-electron chi connectivity index (χ4n) is 5.67. The van der Waals surface area contributed by atoms with Crippen LogP contribution in [0.5, 0.6) is 0 Å². The molecule has 3 aromatic carbocycles. The summed E-state index contributed by atoms with van der Waals surface area (Å²) >= 11 is 1.82. The van der Waals surface area contributed by atoms with Gasteiger partial charge in [0.1, 0.15) is 17.5 Å². The van der Waals surface area contributed by atoms with E-state index in [1.165, 1.54) is 11.1 Å². The smallest absolute Gasteiger partial charge is 0.250 e. The number of nitrogens with one attached hydrogen (secondary N) is 1. The van der Waals surface area contributed by atoms with E-state index in [2.05, 4.69) is 107 Å². The number of hydrogen-bond donors (Lipinski definition) is 1. The molecular weight excluding hydrogens is 468 g/mol. The molecule has 0 saturated carbocycles. The summed E-state index contributed by atoms with van der Waals surface area (Å²) in [6.07, 6.45) is 0. The second-order valence-electron chi connectivity index (χ2n) is 9.90. The van der Waals surface area contributed by atoms with Crippen molar-refractivity contribution in [1.29, 1.82) is 0 Å². The van der Waals surface area contributed by atoms with Crippen molar-refractivity contribution in [3.63, 3.8) is 0 Å². The highest BCUT2D eigenvalue weighted by Crippen LogP contribution is 2.59.